The molecule has 0 unspecified atom stereocenters. The molecule has 8 heteroatoms. The molecule has 136 valence electrons. The normalized spacial score (nSPS) is 11.1. The van der Waals surface area contributed by atoms with Crippen LogP contribution in [-0.4, -0.2) is 35.7 Å². The number of hydrogen-bond donors (Lipinski definition) is 1. The Balaban J connectivity index is 2.10. The largest absolute Gasteiger partial charge is 0.497 e. The van der Waals surface area contributed by atoms with Crippen LogP contribution < -0.4 is 19.9 Å². The summed E-state index contributed by atoms with van der Waals surface area (Å²) in [5.41, 5.74) is 6.27. The molecule has 0 saturated heterocycles. The Morgan fingerprint density at radius 3 is 2.28 bits per heavy atom. The first-order chi connectivity index (χ1) is 11.7. The van der Waals surface area contributed by atoms with Crippen molar-refractivity contribution in [3.63, 3.8) is 0 Å². The molecule has 0 aliphatic heterocycles. The number of hydrogen-bond acceptors (Lipinski definition) is 7. The van der Waals surface area contributed by atoms with Gasteiger partial charge in [0.1, 0.15) is 29.4 Å². The summed E-state index contributed by atoms with van der Waals surface area (Å²) in [6, 6.07) is 5.38. The molecule has 2 rings (SSSR count). The van der Waals surface area contributed by atoms with Gasteiger partial charge in [-0.15, -0.1) is 5.10 Å². The summed E-state index contributed by atoms with van der Waals surface area (Å²) < 4.78 is 22.3. The lowest BCUT2D eigenvalue weighted by Crippen LogP contribution is -2.27. The van der Waals surface area contributed by atoms with Crippen molar-refractivity contribution in [2.24, 2.45) is 0 Å². The van der Waals surface area contributed by atoms with E-state index in [1.54, 1.807) is 41.1 Å². The van der Waals surface area contributed by atoms with Gasteiger partial charge < -0.3 is 24.7 Å². The number of nitrogens with zero attached hydrogens (tertiary/aromatic N) is 2. The summed E-state index contributed by atoms with van der Waals surface area (Å²) in [5.74, 6) is 1.43. The second-order valence-electron chi connectivity index (χ2n) is 6.32. The first kappa shape index (κ1) is 18.4. The maximum atomic E-state index is 12.0. The lowest BCUT2D eigenvalue weighted by atomic mass is 10.2. The molecule has 25 heavy (non-hydrogen) atoms. The molecule has 8 nitrogen and oxygen atoms in total. The molecule has 0 atom stereocenters. The van der Waals surface area contributed by atoms with Crippen LogP contribution in [0.3, 0.4) is 0 Å². The molecular weight excluding hydrogens is 326 g/mol. The van der Waals surface area contributed by atoms with Crippen LogP contribution in [0.2, 0.25) is 0 Å². The van der Waals surface area contributed by atoms with Crippen molar-refractivity contribution in [2.75, 3.05) is 20.0 Å². The van der Waals surface area contributed by atoms with Crippen LogP contribution in [0.25, 0.3) is 0 Å². The van der Waals surface area contributed by atoms with Crippen molar-refractivity contribution in [3.8, 4) is 17.4 Å². The van der Waals surface area contributed by atoms with Gasteiger partial charge in [-0.25, -0.2) is 4.79 Å². The average molecular weight is 349 g/mol. The molecule has 0 fully saturated rings. The number of aromatic nitrogens is 2. The lowest BCUT2D eigenvalue weighted by Gasteiger charge is -2.18. The Morgan fingerprint density at radius 2 is 1.76 bits per heavy atom. The van der Waals surface area contributed by atoms with Crippen molar-refractivity contribution in [1.82, 2.24) is 9.78 Å². The lowest BCUT2D eigenvalue weighted by molar-refractivity contribution is 0.0511. The third kappa shape index (κ3) is 5.03. The van der Waals surface area contributed by atoms with E-state index in [0.29, 0.717) is 11.5 Å². The molecule has 0 aliphatic rings. The second kappa shape index (κ2) is 7.33. The Hall–Kier alpha value is -2.90. The summed E-state index contributed by atoms with van der Waals surface area (Å²) in [6.07, 6.45) is 0.729. The van der Waals surface area contributed by atoms with E-state index in [4.69, 9.17) is 24.7 Å². The summed E-state index contributed by atoms with van der Waals surface area (Å²) >= 11 is 0. The maximum absolute atomic E-state index is 12.0. The van der Waals surface area contributed by atoms with Crippen LogP contribution in [0, 0.1) is 0 Å². The molecule has 1 aromatic carbocycles. The Labute approximate surface area is 146 Å². The number of anilines is 1. The SMILES string of the molecule is COc1cc(COc2nn(C(=O)OC(C)(C)C)cc2N)cc(OC)c1. The number of methoxy groups -OCH3 is 2. The highest BCUT2D eigenvalue weighted by Crippen LogP contribution is 2.25. The van der Waals surface area contributed by atoms with Crippen LogP contribution >= 0.6 is 0 Å². The third-order valence-electron chi connectivity index (χ3n) is 3.07. The van der Waals surface area contributed by atoms with E-state index in [-0.39, 0.29) is 18.2 Å². The molecule has 1 aromatic heterocycles. The number of benzene rings is 1. The van der Waals surface area contributed by atoms with Gasteiger partial charge in [0.05, 0.1) is 20.4 Å². The molecule has 0 amide bonds. The number of nitrogens with two attached hydrogens (primary N) is 1. The minimum Gasteiger partial charge on any atom is -0.497 e. The van der Waals surface area contributed by atoms with E-state index in [1.807, 2.05) is 12.1 Å². The quantitative estimate of drug-likeness (QED) is 0.886. The van der Waals surface area contributed by atoms with Crippen molar-refractivity contribution in [3.05, 3.63) is 30.0 Å². The molecule has 0 spiro atoms. The third-order valence-corrected chi connectivity index (χ3v) is 3.07. The average Bonchev–Trinajstić information content (AvgIpc) is 2.92. The fraction of sp³-hybridized carbons (Fsp3) is 0.412. The molecular formula is C17H23N3O5. The monoisotopic (exact) mass is 349 g/mol. The van der Waals surface area contributed by atoms with Gasteiger partial charge in [-0.05, 0) is 38.5 Å². The minimum atomic E-state index is -0.629. The number of carbonyl (C=O) groups is 1. The number of nitrogen functional groups attached to an aromatic ring is 1. The summed E-state index contributed by atoms with van der Waals surface area (Å²) in [5, 5.41) is 4.03. The Morgan fingerprint density at radius 1 is 1.16 bits per heavy atom. The van der Waals surface area contributed by atoms with Gasteiger partial charge in [0.2, 0.25) is 0 Å². The highest BCUT2D eigenvalue weighted by molar-refractivity contribution is 5.71. The van der Waals surface area contributed by atoms with Crippen LogP contribution in [0.15, 0.2) is 24.4 Å². The summed E-state index contributed by atoms with van der Waals surface area (Å²) in [4.78, 5) is 12.0. The maximum Gasteiger partial charge on any atom is 0.435 e. The smallest absolute Gasteiger partial charge is 0.435 e. The Kier molecular flexibility index (Phi) is 5.41. The molecule has 0 bridgehead atoms. The number of rotatable bonds is 5. The van der Waals surface area contributed by atoms with Crippen molar-refractivity contribution in [1.29, 1.82) is 0 Å². The van der Waals surface area contributed by atoms with Gasteiger partial charge in [0.25, 0.3) is 5.88 Å². The highest BCUT2D eigenvalue weighted by Gasteiger charge is 2.20. The van der Waals surface area contributed by atoms with Gasteiger partial charge in [-0.2, -0.15) is 4.68 Å². The van der Waals surface area contributed by atoms with Crippen LogP contribution in [-0.2, 0) is 11.3 Å². The second-order valence-corrected chi connectivity index (χ2v) is 6.32. The summed E-state index contributed by atoms with van der Waals surface area (Å²) in [7, 11) is 3.14. The fourth-order valence-corrected chi connectivity index (χ4v) is 1.99. The highest BCUT2D eigenvalue weighted by atomic mass is 16.6. The summed E-state index contributed by atoms with van der Waals surface area (Å²) in [6.45, 7) is 5.49. The predicted molar refractivity (Wildman–Crippen MR) is 92.1 cm³/mol. The minimum absolute atomic E-state index is 0.146. The van der Waals surface area contributed by atoms with Crippen LogP contribution in [0.1, 0.15) is 26.3 Å². The Bertz CT molecular complexity index is 727. The number of ether oxygens (including phenoxy) is 4. The standard InChI is InChI=1S/C17H23N3O5/c1-17(2,3)25-16(21)20-9-14(18)15(19-20)24-10-11-6-12(22-4)8-13(7-11)23-5/h6-9H,10,18H2,1-5H3. The molecule has 1 heterocycles. The molecule has 0 saturated carbocycles. The van der Waals surface area contributed by atoms with E-state index in [9.17, 15) is 4.79 Å². The fourth-order valence-electron chi connectivity index (χ4n) is 1.99. The topological polar surface area (TPSA) is 97.8 Å². The van der Waals surface area contributed by atoms with Gasteiger partial charge in [0.15, 0.2) is 0 Å². The zero-order valence-corrected chi connectivity index (χ0v) is 15.0. The van der Waals surface area contributed by atoms with E-state index in [0.717, 1.165) is 10.2 Å². The zero-order valence-electron chi connectivity index (χ0n) is 15.0. The molecule has 0 radical (unpaired) electrons. The van der Waals surface area contributed by atoms with Gasteiger partial charge in [0, 0.05) is 6.07 Å². The molecule has 2 aromatic rings. The van der Waals surface area contributed by atoms with Crippen molar-refractivity contribution < 1.29 is 23.7 Å². The van der Waals surface area contributed by atoms with E-state index in [2.05, 4.69) is 5.10 Å². The van der Waals surface area contributed by atoms with Crippen molar-refractivity contribution >= 4 is 11.8 Å². The van der Waals surface area contributed by atoms with Gasteiger partial charge in [-0.3, -0.25) is 0 Å². The van der Waals surface area contributed by atoms with Gasteiger partial charge in [-0.1, -0.05) is 0 Å². The first-order valence-electron chi connectivity index (χ1n) is 7.65. The molecule has 0 aliphatic carbocycles. The molecule has 2 N–H and O–H groups in total. The van der Waals surface area contributed by atoms with Crippen molar-refractivity contribution in [2.45, 2.75) is 33.0 Å². The van der Waals surface area contributed by atoms with E-state index >= 15 is 0 Å². The van der Waals surface area contributed by atoms with E-state index in [1.165, 1.54) is 6.20 Å². The van der Waals surface area contributed by atoms with Gasteiger partial charge >= 0.3 is 6.09 Å². The van der Waals surface area contributed by atoms with E-state index < -0.39 is 11.7 Å². The number of carbonyl (C=O) groups excluding carboxylic acids is 1. The first-order valence-corrected chi connectivity index (χ1v) is 7.65. The van der Waals surface area contributed by atoms with Crippen LogP contribution in [0.5, 0.6) is 17.4 Å². The zero-order chi connectivity index (χ0) is 18.6. The predicted octanol–water partition coefficient (Wildman–Crippen LogP) is 2.84. The van der Waals surface area contributed by atoms with Crippen LogP contribution in [0.4, 0.5) is 10.5 Å².